The number of nitrogens with zero attached hydrogens (tertiary/aromatic N) is 6. The first-order valence-electron chi connectivity index (χ1n) is 9.68. The average molecular weight is 406 g/mol. The van der Waals surface area contributed by atoms with Crippen molar-refractivity contribution in [3.8, 4) is 0 Å². The highest BCUT2D eigenvalue weighted by atomic mass is 19.1. The van der Waals surface area contributed by atoms with Gasteiger partial charge < -0.3 is 15.2 Å². The van der Waals surface area contributed by atoms with Crippen LogP contribution >= 0.6 is 0 Å². The second-order valence-electron chi connectivity index (χ2n) is 6.99. The first kappa shape index (κ1) is 18.2. The third kappa shape index (κ3) is 2.97. The molecule has 10 heteroatoms. The van der Waals surface area contributed by atoms with Gasteiger partial charge in [0.1, 0.15) is 28.9 Å². The van der Waals surface area contributed by atoms with Crippen LogP contribution in [0.1, 0.15) is 40.5 Å². The standard InChI is InChI=1S/C20H19FN8O/c1-2-22-20(30)15-9-24-17(10-23-15)28-7-5-13-18(26-11-25-13)19(28)14-8-16-12(21)4-3-6-29(16)27-14/h3-4,6,8-11,19H,2,5,7H2,1H3,(H,22,30)(H,25,26)/t19-/m1/s1. The molecule has 0 aromatic carbocycles. The number of halogens is 1. The molecule has 0 unspecified atom stereocenters. The van der Waals surface area contributed by atoms with Gasteiger partial charge in [-0.3, -0.25) is 4.79 Å². The van der Waals surface area contributed by atoms with E-state index in [0.29, 0.717) is 30.1 Å². The minimum Gasteiger partial charge on any atom is -0.351 e. The summed E-state index contributed by atoms with van der Waals surface area (Å²) in [5, 5.41) is 7.30. The molecule has 0 spiro atoms. The third-order valence-electron chi connectivity index (χ3n) is 5.18. The number of hydrogen-bond donors (Lipinski definition) is 2. The fraction of sp³-hybridized carbons (Fsp3) is 0.250. The number of rotatable bonds is 4. The highest BCUT2D eigenvalue weighted by molar-refractivity contribution is 5.91. The fourth-order valence-corrected chi connectivity index (χ4v) is 3.79. The van der Waals surface area contributed by atoms with Gasteiger partial charge in [-0.2, -0.15) is 5.10 Å². The maximum atomic E-state index is 14.2. The van der Waals surface area contributed by atoms with Gasteiger partial charge in [0, 0.05) is 31.4 Å². The van der Waals surface area contributed by atoms with Gasteiger partial charge in [0.2, 0.25) is 0 Å². The summed E-state index contributed by atoms with van der Waals surface area (Å²) in [7, 11) is 0. The normalized spacial score (nSPS) is 15.9. The van der Waals surface area contributed by atoms with Crippen LogP contribution in [0.5, 0.6) is 0 Å². The molecule has 0 saturated heterocycles. The van der Waals surface area contributed by atoms with E-state index in [2.05, 4.69) is 30.4 Å². The van der Waals surface area contributed by atoms with Gasteiger partial charge in [0.25, 0.3) is 5.91 Å². The van der Waals surface area contributed by atoms with E-state index in [4.69, 9.17) is 0 Å². The number of fused-ring (bicyclic) bond motifs is 2. The first-order chi connectivity index (χ1) is 14.7. The fourth-order valence-electron chi connectivity index (χ4n) is 3.79. The largest absolute Gasteiger partial charge is 0.351 e. The van der Waals surface area contributed by atoms with E-state index in [-0.39, 0.29) is 23.5 Å². The van der Waals surface area contributed by atoms with Gasteiger partial charge in [-0.05, 0) is 25.1 Å². The summed E-state index contributed by atoms with van der Waals surface area (Å²) in [6.45, 7) is 3.01. The van der Waals surface area contributed by atoms with Crippen LogP contribution in [-0.4, -0.2) is 48.5 Å². The molecule has 0 fully saturated rings. The molecule has 152 valence electrons. The van der Waals surface area contributed by atoms with E-state index in [1.807, 2.05) is 11.8 Å². The second kappa shape index (κ2) is 7.21. The highest BCUT2D eigenvalue weighted by Crippen LogP contribution is 2.35. The molecule has 30 heavy (non-hydrogen) atoms. The van der Waals surface area contributed by atoms with E-state index in [9.17, 15) is 9.18 Å². The Morgan fingerprint density at radius 1 is 1.33 bits per heavy atom. The lowest BCUT2D eigenvalue weighted by molar-refractivity contribution is 0.0950. The van der Waals surface area contributed by atoms with E-state index in [0.717, 1.165) is 17.8 Å². The number of aromatic amines is 1. The Hall–Kier alpha value is -3.82. The quantitative estimate of drug-likeness (QED) is 0.536. The second-order valence-corrected chi connectivity index (χ2v) is 6.99. The number of carbonyl (C=O) groups excluding carboxylic acids is 1. The zero-order valence-electron chi connectivity index (χ0n) is 16.2. The van der Waals surface area contributed by atoms with Crippen molar-refractivity contribution in [3.05, 3.63) is 71.7 Å². The van der Waals surface area contributed by atoms with Crippen LogP contribution in [0.25, 0.3) is 5.52 Å². The Morgan fingerprint density at radius 2 is 2.23 bits per heavy atom. The third-order valence-corrected chi connectivity index (χ3v) is 5.18. The van der Waals surface area contributed by atoms with Crippen LogP contribution in [-0.2, 0) is 6.42 Å². The molecular formula is C20H19FN8O. The minimum atomic E-state index is -0.357. The Kier molecular flexibility index (Phi) is 4.38. The molecule has 1 amide bonds. The predicted molar refractivity (Wildman–Crippen MR) is 107 cm³/mol. The molecule has 2 N–H and O–H groups in total. The molecule has 9 nitrogen and oxygen atoms in total. The molecule has 0 radical (unpaired) electrons. The monoisotopic (exact) mass is 406 g/mol. The van der Waals surface area contributed by atoms with Gasteiger partial charge in [-0.15, -0.1) is 0 Å². The summed E-state index contributed by atoms with van der Waals surface area (Å²) >= 11 is 0. The van der Waals surface area contributed by atoms with Gasteiger partial charge in [-0.1, -0.05) is 0 Å². The number of aromatic nitrogens is 6. The lowest BCUT2D eigenvalue weighted by atomic mass is 10.00. The zero-order valence-corrected chi connectivity index (χ0v) is 16.2. The van der Waals surface area contributed by atoms with Crippen LogP contribution in [0.3, 0.4) is 0 Å². The number of amides is 1. The Labute approximate surface area is 171 Å². The van der Waals surface area contributed by atoms with Crippen LogP contribution in [0.2, 0.25) is 0 Å². The Morgan fingerprint density at radius 3 is 3.00 bits per heavy atom. The topological polar surface area (TPSA) is 104 Å². The van der Waals surface area contributed by atoms with E-state index < -0.39 is 0 Å². The molecule has 1 aliphatic rings. The SMILES string of the molecule is CCNC(=O)c1cnc(N2CCc3[nH]cnc3[C@H]2c2cc3c(F)cccn3n2)cn1. The minimum absolute atomic E-state index is 0.254. The molecule has 0 bridgehead atoms. The van der Waals surface area contributed by atoms with Gasteiger partial charge in [-0.25, -0.2) is 23.9 Å². The van der Waals surface area contributed by atoms with E-state index >= 15 is 0 Å². The molecule has 0 aliphatic carbocycles. The van der Waals surface area contributed by atoms with Gasteiger partial charge in [0.15, 0.2) is 0 Å². The smallest absolute Gasteiger partial charge is 0.271 e. The van der Waals surface area contributed by atoms with Crippen molar-refractivity contribution in [3.63, 3.8) is 0 Å². The zero-order chi connectivity index (χ0) is 20.7. The number of anilines is 1. The Balaban J connectivity index is 1.57. The van der Waals surface area contributed by atoms with Crippen LogP contribution < -0.4 is 10.2 Å². The van der Waals surface area contributed by atoms with Crippen LogP contribution in [0.4, 0.5) is 10.2 Å². The van der Waals surface area contributed by atoms with Crippen LogP contribution in [0, 0.1) is 5.82 Å². The van der Waals surface area contributed by atoms with Crippen molar-refractivity contribution in [2.75, 3.05) is 18.0 Å². The first-order valence-corrected chi connectivity index (χ1v) is 9.68. The van der Waals surface area contributed by atoms with Crippen molar-refractivity contribution < 1.29 is 9.18 Å². The number of imidazole rings is 1. The summed E-state index contributed by atoms with van der Waals surface area (Å²) in [6.07, 6.45) is 7.14. The predicted octanol–water partition coefficient (Wildman–Crippen LogP) is 1.89. The molecule has 5 rings (SSSR count). The molecular weight excluding hydrogens is 387 g/mol. The lowest BCUT2D eigenvalue weighted by Gasteiger charge is -2.34. The maximum absolute atomic E-state index is 14.2. The number of carbonyl (C=O) groups is 1. The van der Waals surface area contributed by atoms with Crippen LogP contribution in [0.15, 0.2) is 43.1 Å². The maximum Gasteiger partial charge on any atom is 0.271 e. The highest BCUT2D eigenvalue weighted by Gasteiger charge is 2.34. The lowest BCUT2D eigenvalue weighted by Crippen LogP contribution is -2.37. The summed E-state index contributed by atoms with van der Waals surface area (Å²) < 4.78 is 15.8. The van der Waals surface area contributed by atoms with Crippen molar-refractivity contribution in [1.29, 1.82) is 0 Å². The molecule has 4 aromatic rings. The van der Waals surface area contributed by atoms with Gasteiger partial charge >= 0.3 is 0 Å². The Bertz CT molecular complexity index is 1220. The molecule has 5 heterocycles. The summed E-state index contributed by atoms with van der Waals surface area (Å²) in [5.41, 5.74) is 3.14. The van der Waals surface area contributed by atoms with Crippen molar-refractivity contribution in [1.82, 2.24) is 34.9 Å². The number of hydrogen-bond acceptors (Lipinski definition) is 6. The van der Waals surface area contributed by atoms with Gasteiger partial charge in [0.05, 0.1) is 30.1 Å². The van der Waals surface area contributed by atoms with E-state index in [1.54, 1.807) is 30.9 Å². The summed E-state index contributed by atoms with van der Waals surface area (Å²) in [6, 6.07) is 4.39. The molecule has 1 aliphatic heterocycles. The summed E-state index contributed by atoms with van der Waals surface area (Å²) in [5.74, 6) is -0.0108. The molecule has 0 saturated carbocycles. The van der Waals surface area contributed by atoms with Crippen molar-refractivity contribution in [2.24, 2.45) is 0 Å². The van der Waals surface area contributed by atoms with Crippen molar-refractivity contribution >= 4 is 17.2 Å². The van der Waals surface area contributed by atoms with Crippen molar-refractivity contribution in [2.45, 2.75) is 19.4 Å². The average Bonchev–Trinajstić information content (AvgIpc) is 3.41. The summed E-state index contributed by atoms with van der Waals surface area (Å²) in [4.78, 5) is 30.4. The van der Waals surface area contributed by atoms with E-state index in [1.165, 1.54) is 16.8 Å². The molecule has 4 aromatic heterocycles. The number of H-pyrrole nitrogens is 1. The number of nitrogens with one attached hydrogen (secondary N) is 2. The number of pyridine rings is 1. The molecule has 1 atom stereocenters.